The fourth-order valence-electron chi connectivity index (χ4n) is 7.51. The van der Waals surface area contributed by atoms with Gasteiger partial charge in [0.1, 0.15) is 6.04 Å². The molecule has 7 nitrogen and oxygen atoms in total. The second-order valence-electron chi connectivity index (χ2n) is 12.1. The Hall–Kier alpha value is -4.78. The maximum absolute atomic E-state index is 14.2. The first-order valence-corrected chi connectivity index (χ1v) is 14.8. The molecule has 1 saturated heterocycles. The minimum atomic E-state index is -1.11. The lowest BCUT2D eigenvalue weighted by Crippen LogP contribution is -2.47. The average Bonchev–Trinajstić information content (AvgIpc) is 3.28. The second kappa shape index (κ2) is 10.5. The third kappa shape index (κ3) is 4.33. The highest BCUT2D eigenvalue weighted by atomic mass is 16.5. The van der Waals surface area contributed by atoms with Crippen molar-refractivity contribution in [1.82, 2.24) is 4.90 Å². The summed E-state index contributed by atoms with van der Waals surface area (Å²) >= 11 is 0. The summed E-state index contributed by atoms with van der Waals surface area (Å²) in [6, 6.07) is 28.2. The van der Waals surface area contributed by atoms with Crippen molar-refractivity contribution in [2.75, 3.05) is 11.9 Å². The molecule has 1 fully saturated rings. The Morgan fingerprint density at radius 1 is 0.744 bits per heavy atom. The Morgan fingerprint density at radius 3 is 1.81 bits per heavy atom. The quantitative estimate of drug-likeness (QED) is 0.229. The first-order chi connectivity index (χ1) is 20.8. The summed E-state index contributed by atoms with van der Waals surface area (Å²) in [7, 11) is 0. The molecule has 3 amide bonds. The second-order valence-corrected chi connectivity index (χ2v) is 12.1. The lowest BCUT2D eigenvalue weighted by atomic mass is 9.55. The number of carbonyl (C=O) groups is 4. The average molecular weight is 573 g/mol. The molecule has 0 unspecified atom stereocenters. The van der Waals surface area contributed by atoms with Gasteiger partial charge < -0.3 is 10.1 Å². The zero-order chi connectivity index (χ0) is 29.8. The van der Waals surface area contributed by atoms with Gasteiger partial charge >= 0.3 is 5.97 Å². The Balaban J connectivity index is 1.15. The van der Waals surface area contributed by atoms with Crippen LogP contribution < -0.4 is 5.32 Å². The number of ether oxygens (including phenoxy) is 1. The lowest BCUT2D eigenvalue weighted by Gasteiger charge is -2.45. The number of anilines is 1. The number of nitrogens with zero attached hydrogens (tertiary/aromatic N) is 1. The van der Waals surface area contributed by atoms with Gasteiger partial charge in [-0.25, -0.2) is 4.79 Å². The smallest absolute Gasteiger partial charge is 0.329 e. The number of amides is 3. The van der Waals surface area contributed by atoms with Crippen LogP contribution in [-0.2, 0) is 23.9 Å². The third-order valence-electron chi connectivity index (χ3n) is 9.17. The van der Waals surface area contributed by atoms with Gasteiger partial charge in [-0.2, -0.15) is 0 Å². The number of hydrogen-bond donors (Lipinski definition) is 1. The number of imide groups is 1. The zero-order valence-corrected chi connectivity index (χ0v) is 24.0. The largest absolute Gasteiger partial charge is 0.454 e. The van der Waals surface area contributed by atoms with Crippen LogP contribution in [0.1, 0.15) is 54.4 Å². The van der Waals surface area contributed by atoms with Crippen molar-refractivity contribution in [3.63, 3.8) is 0 Å². The number of benzene rings is 4. The van der Waals surface area contributed by atoms with Gasteiger partial charge in [0.05, 0.1) is 11.8 Å². The van der Waals surface area contributed by atoms with E-state index in [-0.39, 0.29) is 36.0 Å². The minimum Gasteiger partial charge on any atom is -0.454 e. The molecule has 3 atom stereocenters. The van der Waals surface area contributed by atoms with Gasteiger partial charge in [-0.1, -0.05) is 98.8 Å². The molecule has 1 aliphatic heterocycles. The summed E-state index contributed by atoms with van der Waals surface area (Å²) in [4.78, 5) is 56.1. The molecule has 1 N–H and O–H groups in total. The van der Waals surface area contributed by atoms with Crippen molar-refractivity contribution in [2.45, 2.75) is 38.1 Å². The molecule has 0 aromatic heterocycles. The van der Waals surface area contributed by atoms with Gasteiger partial charge in [0.2, 0.25) is 11.8 Å². The molecule has 1 heterocycles. The molecule has 4 aliphatic rings. The number of likely N-dealkylation sites (tertiary alicyclic amines) is 1. The fourth-order valence-corrected chi connectivity index (χ4v) is 7.51. The first kappa shape index (κ1) is 27.1. The van der Waals surface area contributed by atoms with E-state index >= 15 is 0 Å². The van der Waals surface area contributed by atoms with E-state index in [1.54, 1.807) is 6.07 Å². The van der Waals surface area contributed by atoms with Crippen LogP contribution in [-0.4, -0.2) is 41.2 Å². The molecule has 2 bridgehead atoms. The van der Waals surface area contributed by atoms with Crippen molar-refractivity contribution in [3.05, 3.63) is 113 Å². The van der Waals surface area contributed by atoms with Gasteiger partial charge in [0.15, 0.2) is 6.61 Å². The Kier molecular flexibility index (Phi) is 6.61. The van der Waals surface area contributed by atoms with E-state index in [1.807, 2.05) is 98.8 Å². The van der Waals surface area contributed by atoms with Gasteiger partial charge in [-0.05, 0) is 46.0 Å². The van der Waals surface area contributed by atoms with E-state index in [4.69, 9.17) is 4.74 Å². The molecule has 7 heteroatoms. The molecule has 0 saturated carbocycles. The highest BCUT2D eigenvalue weighted by Crippen LogP contribution is 2.61. The highest BCUT2D eigenvalue weighted by Gasteiger charge is 2.63. The lowest BCUT2D eigenvalue weighted by molar-refractivity contribution is -0.160. The van der Waals surface area contributed by atoms with E-state index in [1.165, 1.54) is 0 Å². The molecule has 0 spiro atoms. The maximum atomic E-state index is 14.2. The zero-order valence-electron chi connectivity index (χ0n) is 24.0. The minimum absolute atomic E-state index is 0.00333. The summed E-state index contributed by atoms with van der Waals surface area (Å²) in [5.41, 5.74) is 4.90. The topological polar surface area (TPSA) is 92.8 Å². The van der Waals surface area contributed by atoms with Crippen LogP contribution in [0.15, 0.2) is 91.0 Å². The molecule has 8 rings (SSSR count). The summed E-state index contributed by atoms with van der Waals surface area (Å²) in [5.74, 6) is -3.60. The van der Waals surface area contributed by atoms with Gasteiger partial charge in [-0.3, -0.25) is 19.3 Å². The fraction of sp³-hybridized carbons (Fsp3) is 0.278. The van der Waals surface area contributed by atoms with E-state index < -0.39 is 36.4 Å². The van der Waals surface area contributed by atoms with Crippen LogP contribution in [0.3, 0.4) is 0 Å². The van der Waals surface area contributed by atoms with Crippen LogP contribution >= 0.6 is 0 Å². The van der Waals surface area contributed by atoms with Gasteiger partial charge in [0, 0.05) is 22.9 Å². The molecule has 4 aromatic carbocycles. The number of nitrogens with one attached hydrogen (secondary N) is 1. The highest BCUT2D eigenvalue weighted by molar-refractivity contribution is 6.10. The number of fused-ring (bicyclic) bond motifs is 1. The SMILES string of the molecule is CC(C)C[C@H](C(=O)OCC(=O)Nc1cccc2ccccc12)N1C(=O)[C@H]2C3c4ccccc4C(c4ccccc43)[C@@H]2C1=O. The first-order valence-electron chi connectivity index (χ1n) is 14.8. The van der Waals surface area contributed by atoms with E-state index in [0.29, 0.717) is 5.69 Å². The van der Waals surface area contributed by atoms with Crippen LogP contribution in [0.2, 0.25) is 0 Å². The van der Waals surface area contributed by atoms with Crippen molar-refractivity contribution in [1.29, 1.82) is 0 Å². The summed E-state index contributed by atoms with van der Waals surface area (Å²) < 4.78 is 5.51. The van der Waals surface area contributed by atoms with Crippen LogP contribution in [0.5, 0.6) is 0 Å². The normalized spacial score (nSPS) is 22.3. The Bertz CT molecular complexity index is 1670. The van der Waals surface area contributed by atoms with Gasteiger partial charge in [0.25, 0.3) is 5.91 Å². The molecule has 4 aromatic rings. The van der Waals surface area contributed by atoms with Crippen molar-refractivity contribution in [2.24, 2.45) is 17.8 Å². The third-order valence-corrected chi connectivity index (χ3v) is 9.17. The molecular formula is C36H32N2O5. The predicted octanol–water partition coefficient (Wildman–Crippen LogP) is 5.63. The number of hydrogen-bond acceptors (Lipinski definition) is 5. The molecular weight excluding hydrogens is 540 g/mol. The van der Waals surface area contributed by atoms with Crippen LogP contribution in [0.25, 0.3) is 10.8 Å². The number of esters is 1. The van der Waals surface area contributed by atoms with Crippen LogP contribution in [0, 0.1) is 17.8 Å². The number of rotatable bonds is 7. The molecule has 3 aliphatic carbocycles. The predicted molar refractivity (Wildman–Crippen MR) is 162 cm³/mol. The number of carbonyl (C=O) groups excluding carboxylic acids is 4. The Labute approximate surface area is 249 Å². The summed E-state index contributed by atoms with van der Waals surface area (Å²) in [6.07, 6.45) is 0.246. The molecule has 43 heavy (non-hydrogen) atoms. The standard InChI is InChI=1S/C36H32N2O5/c1-20(2)18-28(36(42)43-19-29(39)37-27-17-9-11-21-10-3-4-12-22(21)27)38-34(40)32-30-23-13-5-6-14-24(23)31(33(32)35(38)41)26-16-8-7-15-25(26)30/h3-17,20,28,30-33H,18-19H2,1-2H3,(H,37,39)/t28-,30?,31?,32+,33+/m1/s1. The maximum Gasteiger partial charge on any atom is 0.329 e. The van der Waals surface area contributed by atoms with Crippen molar-refractivity contribution < 1.29 is 23.9 Å². The monoisotopic (exact) mass is 572 g/mol. The van der Waals surface area contributed by atoms with Crippen molar-refractivity contribution in [3.8, 4) is 0 Å². The van der Waals surface area contributed by atoms with Crippen molar-refractivity contribution >= 4 is 40.2 Å². The summed E-state index contributed by atoms with van der Waals surface area (Å²) in [6.45, 7) is 3.34. The summed E-state index contributed by atoms with van der Waals surface area (Å²) in [5, 5.41) is 4.67. The van der Waals surface area contributed by atoms with E-state index in [0.717, 1.165) is 37.9 Å². The van der Waals surface area contributed by atoms with E-state index in [2.05, 4.69) is 5.32 Å². The molecule has 0 radical (unpaired) electrons. The Morgan fingerprint density at radius 2 is 1.26 bits per heavy atom. The molecule has 216 valence electrons. The van der Waals surface area contributed by atoms with Crippen LogP contribution in [0.4, 0.5) is 5.69 Å². The van der Waals surface area contributed by atoms with E-state index in [9.17, 15) is 19.2 Å². The van der Waals surface area contributed by atoms with Gasteiger partial charge in [-0.15, -0.1) is 0 Å².